The molecule has 0 unspecified atom stereocenters. The minimum absolute atomic E-state index is 0.0758. The van der Waals surface area contributed by atoms with E-state index in [4.69, 9.17) is 4.74 Å². The van der Waals surface area contributed by atoms with Gasteiger partial charge in [-0.05, 0) is 19.9 Å². The number of esters is 1. The highest BCUT2D eigenvalue weighted by Gasteiger charge is 2.26. The van der Waals surface area contributed by atoms with Crippen LogP contribution < -0.4 is 0 Å². The second-order valence-electron chi connectivity index (χ2n) is 3.14. The Kier molecular flexibility index (Phi) is 1.43. The molecule has 0 amide bonds. The van der Waals surface area contributed by atoms with E-state index in [0.29, 0.717) is 0 Å². The van der Waals surface area contributed by atoms with E-state index in [0.717, 1.165) is 16.7 Å². The summed E-state index contributed by atoms with van der Waals surface area (Å²) in [6, 6.07) is 5.83. The lowest BCUT2D eigenvalue weighted by atomic mass is 10.0. The molecule has 1 aromatic carbocycles. The lowest BCUT2D eigenvalue weighted by Gasteiger charge is -2.00. The van der Waals surface area contributed by atoms with E-state index in [1.807, 2.05) is 32.0 Å². The smallest absolute Gasteiger partial charge is 0.339 e. The normalized spacial score (nSPS) is 20.5. The molecular weight excluding hydrogens is 152 g/mol. The molecule has 62 valence electrons. The first-order valence-electron chi connectivity index (χ1n) is 4.00. The Morgan fingerprint density at radius 1 is 1.42 bits per heavy atom. The Labute approximate surface area is 71.2 Å². The van der Waals surface area contributed by atoms with Crippen LogP contribution >= 0.6 is 0 Å². The maximum atomic E-state index is 11.2. The zero-order valence-electron chi connectivity index (χ0n) is 7.13. The van der Waals surface area contributed by atoms with Crippen molar-refractivity contribution in [1.29, 1.82) is 0 Å². The Bertz CT molecular complexity index is 342. The first-order valence-corrected chi connectivity index (χ1v) is 4.00. The van der Waals surface area contributed by atoms with Crippen molar-refractivity contribution in [2.24, 2.45) is 0 Å². The van der Waals surface area contributed by atoms with Crippen molar-refractivity contribution >= 4 is 5.97 Å². The highest BCUT2D eigenvalue weighted by molar-refractivity contribution is 5.94. The zero-order valence-corrected chi connectivity index (χ0v) is 7.13. The Balaban J connectivity index is 2.60. The molecule has 0 N–H and O–H groups in total. The van der Waals surface area contributed by atoms with Crippen molar-refractivity contribution in [3.05, 3.63) is 34.9 Å². The molecule has 2 heteroatoms. The lowest BCUT2D eigenvalue weighted by molar-refractivity contribution is 0.0422. The molecule has 2 nitrogen and oxygen atoms in total. The predicted octanol–water partition coefficient (Wildman–Crippen LogP) is 2.23. The third-order valence-corrected chi connectivity index (χ3v) is 2.15. The molecule has 0 saturated heterocycles. The minimum atomic E-state index is -0.193. The molecule has 1 aliphatic heterocycles. The number of carbonyl (C=O) groups excluding carboxylic acids is 1. The average molecular weight is 162 g/mol. The highest BCUT2D eigenvalue weighted by Crippen LogP contribution is 2.30. The van der Waals surface area contributed by atoms with Gasteiger partial charge in [-0.25, -0.2) is 4.79 Å². The zero-order chi connectivity index (χ0) is 8.72. The molecule has 0 aliphatic carbocycles. The number of hydrogen-bond acceptors (Lipinski definition) is 2. The molecule has 0 bridgehead atoms. The van der Waals surface area contributed by atoms with Gasteiger partial charge in [-0.1, -0.05) is 17.7 Å². The number of rotatable bonds is 0. The molecule has 0 fully saturated rings. The van der Waals surface area contributed by atoms with Gasteiger partial charge in [0.1, 0.15) is 6.10 Å². The van der Waals surface area contributed by atoms with Crippen LogP contribution in [-0.2, 0) is 4.74 Å². The van der Waals surface area contributed by atoms with Gasteiger partial charge in [0, 0.05) is 5.56 Å². The molecule has 0 radical (unpaired) electrons. The molecule has 0 spiro atoms. The number of fused-ring (bicyclic) bond motifs is 1. The Morgan fingerprint density at radius 2 is 2.17 bits per heavy atom. The van der Waals surface area contributed by atoms with Crippen molar-refractivity contribution < 1.29 is 9.53 Å². The number of benzene rings is 1. The van der Waals surface area contributed by atoms with Gasteiger partial charge in [-0.2, -0.15) is 0 Å². The first-order chi connectivity index (χ1) is 5.68. The third-order valence-electron chi connectivity index (χ3n) is 2.15. The van der Waals surface area contributed by atoms with Crippen molar-refractivity contribution in [3.63, 3.8) is 0 Å². The van der Waals surface area contributed by atoms with E-state index in [1.54, 1.807) is 0 Å². The van der Waals surface area contributed by atoms with Crippen LogP contribution in [0.4, 0.5) is 0 Å². The molecule has 1 heterocycles. The summed E-state index contributed by atoms with van der Waals surface area (Å²) in [5, 5.41) is 0. The quantitative estimate of drug-likeness (QED) is 0.547. The van der Waals surface area contributed by atoms with Crippen molar-refractivity contribution in [2.45, 2.75) is 20.0 Å². The van der Waals surface area contributed by atoms with E-state index < -0.39 is 0 Å². The summed E-state index contributed by atoms with van der Waals surface area (Å²) in [6.07, 6.45) is -0.0758. The molecule has 1 atom stereocenters. The molecule has 1 aromatic rings. The lowest BCUT2D eigenvalue weighted by Crippen LogP contribution is -1.94. The van der Waals surface area contributed by atoms with Gasteiger partial charge in [0.05, 0.1) is 5.56 Å². The van der Waals surface area contributed by atoms with Crippen LogP contribution in [0.5, 0.6) is 0 Å². The second kappa shape index (κ2) is 2.34. The fourth-order valence-corrected chi connectivity index (χ4v) is 1.49. The SMILES string of the molecule is Cc1ccc2c(c1)C(=O)O[C@@H]2C. The van der Waals surface area contributed by atoms with Gasteiger partial charge < -0.3 is 4.74 Å². The summed E-state index contributed by atoms with van der Waals surface area (Å²) in [5.41, 5.74) is 2.83. The van der Waals surface area contributed by atoms with E-state index in [2.05, 4.69) is 0 Å². The van der Waals surface area contributed by atoms with Crippen molar-refractivity contribution in [3.8, 4) is 0 Å². The number of ether oxygens (including phenoxy) is 1. The standard InChI is InChI=1S/C10H10O2/c1-6-3-4-8-7(2)12-10(11)9(8)5-6/h3-5,7H,1-2H3/t7-/m1/s1. The van der Waals surface area contributed by atoms with E-state index in [-0.39, 0.29) is 12.1 Å². The van der Waals surface area contributed by atoms with Gasteiger partial charge in [0.15, 0.2) is 0 Å². The predicted molar refractivity (Wildman–Crippen MR) is 45.0 cm³/mol. The monoisotopic (exact) mass is 162 g/mol. The van der Waals surface area contributed by atoms with Gasteiger partial charge in [0.2, 0.25) is 0 Å². The molecule has 2 rings (SSSR count). The van der Waals surface area contributed by atoms with Gasteiger partial charge in [0.25, 0.3) is 0 Å². The Morgan fingerprint density at radius 3 is 2.92 bits per heavy atom. The molecule has 1 aliphatic rings. The van der Waals surface area contributed by atoms with Crippen LogP contribution in [0.25, 0.3) is 0 Å². The van der Waals surface area contributed by atoms with Crippen molar-refractivity contribution in [2.75, 3.05) is 0 Å². The summed E-state index contributed by atoms with van der Waals surface area (Å²) in [6.45, 7) is 3.86. The number of carbonyl (C=O) groups is 1. The highest BCUT2D eigenvalue weighted by atomic mass is 16.5. The summed E-state index contributed by atoms with van der Waals surface area (Å²) in [7, 11) is 0. The van der Waals surface area contributed by atoms with Crippen LogP contribution in [0.15, 0.2) is 18.2 Å². The fraction of sp³-hybridized carbons (Fsp3) is 0.300. The average Bonchev–Trinajstić information content (AvgIpc) is 2.28. The maximum Gasteiger partial charge on any atom is 0.339 e. The number of hydrogen-bond donors (Lipinski definition) is 0. The molecule has 12 heavy (non-hydrogen) atoms. The molecular formula is C10H10O2. The molecule has 0 saturated carbocycles. The van der Waals surface area contributed by atoms with Crippen LogP contribution in [0, 0.1) is 6.92 Å². The first kappa shape index (κ1) is 7.35. The largest absolute Gasteiger partial charge is 0.454 e. The fourth-order valence-electron chi connectivity index (χ4n) is 1.49. The summed E-state index contributed by atoms with van der Waals surface area (Å²) < 4.78 is 5.05. The number of cyclic esters (lactones) is 1. The van der Waals surface area contributed by atoms with Gasteiger partial charge in [-0.15, -0.1) is 0 Å². The number of aryl methyl sites for hydroxylation is 1. The van der Waals surface area contributed by atoms with Gasteiger partial charge >= 0.3 is 5.97 Å². The van der Waals surface area contributed by atoms with Gasteiger partial charge in [-0.3, -0.25) is 0 Å². The van der Waals surface area contributed by atoms with Crippen LogP contribution in [0.1, 0.15) is 34.5 Å². The minimum Gasteiger partial charge on any atom is -0.454 e. The Hall–Kier alpha value is -1.31. The van der Waals surface area contributed by atoms with Crippen LogP contribution in [-0.4, -0.2) is 5.97 Å². The third kappa shape index (κ3) is 0.916. The van der Waals surface area contributed by atoms with Crippen LogP contribution in [0.3, 0.4) is 0 Å². The summed E-state index contributed by atoms with van der Waals surface area (Å²) in [4.78, 5) is 11.2. The van der Waals surface area contributed by atoms with E-state index in [1.165, 1.54) is 0 Å². The summed E-state index contributed by atoms with van der Waals surface area (Å²) in [5.74, 6) is -0.193. The second-order valence-corrected chi connectivity index (χ2v) is 3.14. The van der Waals surface area contributed by atoms with Crippen molar-refractivity contribution in [1.82, 2.24) is 0 Å². The maximum absolute atomic E-state index is 11.2. The topological polar surface area (TPSA) is 26.3 Å². The van der Waals surface area contributed by atoms with Crippen LogP contribution in [0.2, 0.25) is 0 Å². The van der Waals surface area contributed by atoms with E-state index in [9.17, 15) is 4.79 Å². The molecule has 0 aromatic heterocycles. The summed E-state index contributed by atoms with van der Waals surface area (Å²) >= 11 is 0. The van der Waals surface area contributed by atoms with E-state index >= 15 is 0 Å².